The third-order valence-corrected chi connectivity index (χ3v) is 12.6. The molecule has 224 valence electrons. The molecule has 0 atom stereocenters. The van der Waals surface area contributed by atoms with Gasteiger partial charge in [-0.15, -0.1) is 0 Å². The molecule has 10 aromatic rings. The van der Waals surface area contributed by atoms with Crippen molar-refractivity contribution in [3.05, 3.63) is 169 Å². The summed E-state index contributed by atoms with van der Waals surface area (Å²) in [6, 6.07) is 61.0. The van der Waals surface area contributed by atoms with Crippen LogP contribution in [-0.4, -0.2) is 14.5 Å². The molecule has 0 amide bonds. The van der Waals surface area contributed by atoms with Crippen molar-refractivity contribution < 1.29 is 0 Å². The summed E-state index contributed by atoms with van der Waals surface area (Å²) in [5, 5.41) is 13.3. The number of rotatable bonds is 3. The number of fused-ring (bicyclic) bond motifs is 7. The van der Waals surface area contributed by atoms with Gasteiger partial charge in [0.15, 0.2) is 0 Å². The van der Waals surface area contributed by atoms with Gasteiger partial charge in [0.1, 0.15) is 0 Å². The summed E-state index contributed by atoms with van der Waals surface area (Å²) in [5.74, 6) is 0. The van der Waals surface area contributed by atoms with Gasteiger partial charge in [0.05, 0.1) is 0 Å². The Morgan fingerprint density at radius 1 is 0.333 bits per heavy atom. The zero-order valence-electron chi connectivity index (χ0n) is 26.5. The van der Waals surface area contributed by atoms with E-state index in [4.69, 9.17) is 0 Å². The van der Waals surface area contributed by atoms with Crippen molar-refractivity contribution >= 4 is 76.9 Å². The van der Waals surface area contributed by atoms with Crippen molar-refractivity contribution in [2.24, 2.45) is 0 Å². The van der Waals surface area contributed by atoms with E-state index in [0.717, 1.165) is 0 Å². The zero-order valence-corrected chi connectivity index (χ0v) is 28.2. The van der Waals surface area contributed by atoms with Crippen LogP contribution in [0.25, 0.3) is 95.8 Å². The Morgan fingerprint density at radius 3 is 1.40 bits per heavy atom. The SMILES string of the molecule is Cc1c2ccccc2c(-c2ccc3c(c2)[se]c2cccc(-c4c5ccccc5c(-c5ccccc5)c5ccccc45)c23)c2ccccc12. The van der Waals surface area contributed by atoms with Crippen LogP contribution < -0.4 is 0 Å². The Labute approximate surface area is 285 Å². The van der Waals surface area contributed by atoms with Crippen LogP contribution in [0.2, 0.25) is 0 Å². The Hall–Kier alpha value is -5.46. The quantitative estimate of drug-likeness (QED) is 0.129. The van der Waals surface area contributed by atoms with Gasteiger partial charge >= 0.3 is 287 Å². The van der Waals surface area contributed by atoms with Crippen LogP contribution in [0.3, 0.4) is 0 Å². The molecule has 0 unspecified atom stereocenters. The van der Waals surface area contributed by atoms with E-state index in [0.29, 0.717) is 0 Å². The molecule has 9 aromatic carbocycles. The summed E-state index contributed by atoms with van der Waals surface area (Å²) in [5.41, 5.74) is 9.23. The topological polar surface area (TPSA) is 0 Å². The van der Waals surface area contributed by atoms with Gasteiger partial charge in [-0.25, -0.2) is 0 Å². The molecule has 48 heavy (non-hydrogen) atoms. The molecule has 0 aliphatic carbocycles. The number of hydrogen-bond acceptors (Lipinski definition) is 0. The van der Waals surface area contributed by atoms with E-state index in [1.165, 1.54) is 101 Å². The van der Waals surface area contributed by atoms with Crippen molar-refractivity contribution in [3.8, 4) is 33.4 Å². The van der Waals surface area contributed by atoms with E-state index < -0.39 is 0 Å². The second-order valence-corrected chi connectivity index (χ2v) is 15.1. The van der Waals surface area contributed by atoms with Gasteiger partial charge in [-0.2, -0.15) is 0 Å². The first-order valence-electron chi connectivity index (χ1n) is 16.6. The van der Waals surface area contributed by atoms with E-state index >= 15 is 0 Å². The molecular formula is C47H30Se. The number of aryl methyl sites for hydroxylation is 1. The van der Waals surface area contributed by atoms with Crippen LogP contribution in [0.1, 0.15) is 5.56 Å². The summed E-state index contributed by atoms with van der Waals surface area (Å²) in [4.78, 5) is 0. The molecule has 1 aromatic heterocycles. The molecule has 0 spiro atoms. The average Bonchev–Trinajstić information content (AvgIpc) is 3.53. The van der Waals surface area contributed by atoms with Gasteiger partial charge in [0.25, 0.3) is 0 Å². The van der Waals surface area contributed by atoms with Crippen molar-refractivity contribution in [1.29, 1.82) is 0 Å². The summed E-state index contributed by atoms with van der Waals surface area (Å²) in [6.07, 6.45) is 0. The third-order valence-electron chi connectivity index (χ3n) is 10.2. The first-order chi connectivity index (χ1) is 23.8. The maximum absolute atomic E-state index is 2.50. The van der Waals surface area contributed by atoms with Crippen LogP contribution in [0, 0.1) is 6.92 Å². The Kier molecular flexibility index (Phi) is 6.21. The molecule has 0 radical (unpaired) electrons. The number of hydrogen-bond donors (Lipinski definition) is 0. The minimum absolute atomic E-state index is 0.211. The predicted molar refractivity (Wildman–Crippen MR) is 209 cm³/mol. The second-order valence-electron chi connectivity index (χ2n) is 12.8. The van der Waals surface area contributed by atoms with Gasteiger partial charge in [-0.1, -0.05) is 0 Å². The molecule has 0 N–H and O–H groups in total. The fourth-order valence-electron chi connectivity index (χ4n) is 8.18. The average molecular weight is 674 g/mol. The van der Waals surface area contributed by atoms with Crippen LogP contribution in [0.4, 0.5) is 0 Å². The Bertz CT molecular complexity index is 2780. The van der Waals surface area contributed by atoms with Crippen molar-refractivity contribution in [2.75, 3.05) is 0 Å². The van der Waals surface area contributed by atoms with E-state index in [9.17, 15) is 0 Å². The molecule has 0 aliphatic rings. The van der Waals surface area contributed by atoms with Gasteiger partial charge in [0, 0.05) is 0 Å². The molecule has 1 heterocycles. The van der Waals surface area contributed by atoms with E-state index in [-0.39, 0.29) is 14.5 Å². The molecule has 1 heteroatoms. The van der Waals surface area contributed by atoms with Crippen molar-refractivity contribution in [1.82, 2.24) is 0 Å². The molecule has 0 saturated heterocycles. The summed E-state index contributed by atoms with van der Waals surface area (Å²) >= 11 is 0.211. The Morgan fingerprint density at radius 2 is 0.812 bits per heavy atom. The van der Waals surface area contributed by atoms with E-state index in [1.807, 2.05) is 0 Å². The number of benzene rings is 9. The molecule has 0 aliphatic heterocycles. The minimum atomic E-state index is 0.211. The van der Waals surface area contributed by atoms with Crippen molar-refractivity contribution in [3.63, 3.8) is 0 Å². The van der Waals surface area contributed by atoms with E-state index in [2.05, 4.69) is 171 Å². The molecule has 0 bridgehead atoms. The Balaban J connectivity index is 1.27. The van der Waals surface area contributed by atoms with E-state index in [1.54, 1.807) is 0 Å². The van der Waals surface area contributed by atoms with Gasteiger partial charge in [-0.05, 0) is 0 Å². The van der Waals surface area contributed by atoms with Crippen LogP contribution in [0.15, 0.2) is 164 Å². The standard InChI is InChI=1S/C47H30Se/c1-29-32-16-5-7-18-34(32)45(35-19-8-6-17-33(29)35)31-26-27-40-43(28-31)48-42-25-13-24-41(47(40)42)46-38-22-11-9-20-36(38)44(30-14-3-2-4-15-30)37-21-10-12-23-39(37)46/h2-28H,1H3. The van der Waals surface area contributed by atoms with Gasteiger partial charge in [-0.3, -0.25) is 0 Å². The summed E-state index contributed by atoms with van der Waals surface area (Å²) in [6.45, 7) is 2.26. The molecule has 0 saturated carbocycles. The fraction of sp³-hybridized carbons (Fsp3) is 0.0213. The van der Waals surface area contributed by atoms with Crippen LogP contribution >= 0.6 is 0 Å². The first-order valence-corrected chi connectivity index (χ1v) is 18.3. The first kappa shape index (κ1) is 27.6. The zero-order chi connectivity index (χ0) is 31.8. The van der Waals surface area contributed by atoms with Crippen LogP contribution in [-0.2, 0) is 0 Å². The summed E-state index contributed by atoms with van der Waals surface area (Å²) < 4.78 is 2.93. The molecule has 10 rings (SSSR count). The molecule has 0 nitrogen and oxygen atoms in total. The fourth-order valence-corrected chi connectivity index (χ4v) is 10.6. The molecule has 0 fully saturated rings. The predicted octanol–water partition coefficient (Wildman–Crippen LogP) is 13.0. The molecular weight excluding hydrogens is 643 g/mol. The third kappa shape index (κ3) is 4.02. The van der Waals surface area contributed by atoms with Gasteiger partial charge in [0.2, 0.25) is 0 Å². The van der Waals surface area contributed by atoms with Crippen LogP contribution in [0.5, 0.6) is 0 Å². The summed E-state index contributed by atoms with van der Waals surface area (Å²) in [7, 11) is 0. The van der Waals surface area contributed by atoms with Crippen molar-refractivity contribution in [2.45, 2.75) is 6.92 Å². The van der Waals surface area contributed by atoms with Gasteiger partial charge < -0.3 is 0 Å². The second kappa shape index (κ2) is 10.8. The monoisotopic (exact) mass is 674 g/mol. The maximum atomic E-state index is 2.50. The normalized spacial score (nSPS) is 11.9.